The summed E-state index contributed by atoms with van der Waals surface area (Å²) in [6, 6.07) is 21.1. The predicted octanol–water partition coefficient (Wildman–Crippen LogP) is 6.44. The Morgan fingerprint density at radius 3 is 2.54 bits per heavy atom. The minimum Gasteiger partial charge on any atom is -0.462 e. The van der Waals surface area contributed by atoms with E-state index in [1.54, 1.807) is 60.4 Å². The van der Waals surface area contributed by atoms with E-state index in [-0.39, 0.29) is 31.4 Å². The smallest absolute Gasteiger partial charge is 0.338 e. The highest BCUT2D eigenvalue weighted by atomic mass is 79.9. The molecule has 1 heterocycles. The Labute approximate surface area is 232 Å². The maximum Gasteiger partial charge on any atom is 0.338 e. The van der Waals surface area contributed by atoms with Crippen LogP contribution in [-0.2, 0) is 20.9 Å². The molecule has 0 bridgehead atoms. The Hall–Kier alpha value is -3.14. The summed E-state index contributed by atoms with van der Waals surface area (Å²) in [5, 5.41) is 3.21. The number of anilines is 1. The predicted molar refractivity (Wildman–Crippen MR) is 150 cm³/mol. The molecule has 1 fully saturated rings. The van der Waals surface area contributed by atoms with Gasteiger partial charge in [-0.1, -0.05) is 57.5 Å². The summed E-state index contributed by atoms with van der Waals surface area (Å²) < 4.78 is 5.87. The Bertz CT molecular complexity index is 1330. The number of ether oxygens (including phenoxy) is 1. The van der Waals surface area contributed by atoms with Crippen LogP contribution in [0.5, 0.6) is 0 Å². The van der Waals surface area contributed by atoms with E-state index in [9.17, 15) is 14.4 Å². The van der Waals surface area contributed by atoms with Crippen molar-refractivity contribution in [3.8, 4) is 0 Å². The van der Waals surface area contributed by atoms with E-state index < -0.39 is 11.2 Å². The zero-order valence-electron chi connectivity index (χ0n) is 19.8. The van der Waals surface area contributed by atoms with E-state index in [0.29, 0.717) is 27.1 Å². The molecule has 3 aromatic carbocycles. The number of amidine groups is 1. The molecule has 0 radical (unpaired) electrons. The van der Waals surface area contributed by atoms with E-state index in [4.69, 9.17) is 16.3 Å². The standard InChI is InChI=1S/C27H23BrClN3O4S/c1-2-36-26(35)18-8-12-21(13-9-18)31-27-32(16-17-6-10-20(29)11-7-17)24(33)15-23(37-27)25(34)30-22-5-3-4-19(28)14-22/h3-14,23H,2,15-16H2,1H3,(H,30,34). The van der Waals surface area contributed by atoms with Gasteiger partial charge in [-0.05, 0) is 67.1 Å². The van der Waals surface area contributed by atoms with Crippen LogP contribution < -0.4 is 5.32 Å². The molecule has 0 spiro atoms. The Kier molecular flexibility index (Phi) is 9.02. The number of aliphatic imine (C=N–C) groups is 1. The largest absolute Gasteiger partial charge is 0.462 e. The van der Waals surface area contributed by atoms with Crippen LogP contribution in [-0.4, -0.2) is 39.7 Å². The number of hydrogen-bond donors (Lipinski definition) is 1. The van der Waals surface area contributed by atoms with E-state index >= 15 is 0 Å². The molecule has 7 nitrogen and oxygen atoms in total. The summed E-state index contributed by atoms with van der Waals surface area (Å²) in [6.45, 7) is 2.31. The van der Waals surface area contributed by atoms with Gasteiger partial charge in [-0.3, -0.25) is 14.5 Å². The maximum absolute atomic E-state index is 13.3. The molecular formula is C27H23BrClN3O4S. The lowest BCUT2D eigenvalue weighted by Gasteiger charge is -2.32. The molecule has 3 aromatic rings. The maximum atomic E-state index is 13.3. The molecule has 0 aliphatic carbocycles. The summed E-state index contributed by atoms with van der Waals surface area (Å²) in [6.07, 6.45) is 0.0267. The van der Waals surface area contributed by atoms with Crippen LogP contribution in [0, 0.1) is 0 Å². The third-order valence-corrected chi connectivity index (χ3v) is 7.31. The first-order chi connectivity index (χ1) is 17.8. The Morgan fingerprint density at radius 1 is 1.14 bits per heavy atom. The van der Waals surface area contributed by atoms with Crippen molar-refractivity contribution >= 4 is 73.6 Å². The minimum absolute atomic E-state index is 0.0267. The summed E-state index contributed by atoms with van der Waals surface area (Å²) >= 11 is 10.6. The van der Waals surface area contributed by atoms with Gasteiger partial charge < -0.3 is 10.1 Å². The van der Waals surface area contributed by atoms with Crippen molar-refractivity contribution in [3.63, 3.8) is 0 Å². The number of rotatable bonds is 7. The highest BCUT2D eigenvalue weighted by molar-refractivity contribution is 9.10. The summed E-state index contributed by atoms with van der Waals surface area (Å²) in [5.74, 6) is -0.921. The number of nitrogens with zero attached hydrogens (tertiary/aromatic N) is 2. The van der Waals surface area contributed by atoms with Crippen LogP contribution in [0.1, 0.15) is 29.3 Å². The zero-order valence-corrected chi connectivity index (χ0v) is 23.0. The molecule has 2 amide bonds. The highest BCUT2D eigenvalue weighted by Gasteiger charge is 2.36. The van der Waals surface area contributed by atoms with Gasteiger partial charge in [0.1, 0.15) is 5.25 Å². The fraction of sp³-hybridized carbons (Fsp3) is 0.185. The van der Waals surface area contributed by atoms with Crippen molar-refractivity contribution in [2.75, 3.05) is 11.9 Å². The lowest BCUT2D eigenvalue weighted by atomic mass is 10.2. The third kappa shape index (κ3) is 7.21. The lowest BCUT2D eigenvalue weighted by molar-refractivity contribution is -0.129. The zero-order chi connectivity index (χ0) is 26.4. The molecule has 1 saturated heterocycles. The average Bonchev–Trinajstić information content (AvgIpc) is 2.87. The Balaban J connectivity index is 1.60. The van der Waals surface area contributed by atoms with Gasteiger partial charge in [-0.2, -0.15) is 0 Å². The van der Waals surface area contributed by atoms with Crippen molar-refractivity contribution < 1.29 is 19.1 Å². The molecule has 0 aromatic heterocycles. The molecule has 4 rings (SSSR count). The molecule has 1 unspecified atom stereocenters. The number of benzene rings is 3. The van der Waals surface area contributed by atoms with Gasteiger partial charge in [0.15, 0.2) is 5.17 Å². The first kappa shape index (κ1) is 26.9. The minimum atomic E-state index is -0.662. The van der Waals surface area contributed by atoms with Gasteiger partial charge in [0.25, 0.3) is 0 Å². The van der Waals surface area contributed by atoms with Crippen LogP contribution in [0.15, 0.2) is 82.3 Å². The Morgan fingerprint density at radius 2 is 1.86 bits per heavy atom. The van der Waals surface area contributed by atoms with Crippen LogP contribution in [0.4, 0.5) is 11.4 Å². The van der Waals surface area contributed by atoms with Crippen LogP contribution in [0.25, 0.3) is 0 Å². The summed E-state index contributed by atoms with van der Waals surface area (Å²) in [7, 11) is 0. The van der Waals surface area contributed by atoms with Gasteiger partial charge in [0.2, 0.25) is 11.8 Å². The van der Waals surface area contributed by atoms with Crippen LogP contribution >= 0.6 is 39.3 Å². The second kappa shape index (κ2) is 12.4. The fourth-order valence-corrected chi connectivity index (χ4v) is 5.18. The monoisotopic (exact) mass is 599 g/mol. The quantitative estimate of drug-likeness (QED) is 0.315. The van der Waals surface area contributed by atoms with Gasteiger partial charge in [0.05, 0.1) is 24.4 Å². The molecule has 37 heavy (non-hydrogen) atoms. The van der Waals surface area contributed by atoms with E-state index in [1.165, 1.54) is 11.8 Å². The van der Waals surface area contributed by atoms with E-state index in [1.807, 2.05) is 24.3 Å². The number of carbonyl (C=O) groups is 3. The normalized spacial score (nSPS) is 16.5. The van der Waals surface area contributed by atoms with Gasteiger partial charge in [0, 0.05) is 21.6 Å². The third-order valence-electron chi connectivity index (χ3n) is 5.38. The molecule has 0 saturated carbocycles. The molecule has 10 heteroatoms. The van der Waals surface area contributed by atoms with E-state index in [0.717, 1.165) is 10.0 Å². The van der Waals surface area contributed by atoms with Crippen molar-refractivity contribution in [2.45, 2.75) is 25.1 Å². The van der Waals surface area contributed by atoms with Crippen molar-refractivity contribution in [1.29, 1.82) is 0 Å². The number of thioether (sulfide) groups is 1. The van der Waals surface area contributed by atoms with Crippen molar-refractivity contribution in [3.05, 3.63) is 93.4 Å². The van der Waals surface area contributed by atoms with Crippen LogP contribution in [0.2, 0.25) is 5.02 Å². The molecule has 1 aliphatic rings. The second-order valence-corrected chi connectivity index (χ2v) is 10.6. The lowest BCUT2D eigenvalue weighted by Crippen LogP contribution is -2.44. The first-order valence-electron chi connectivity index (χ1n) is 11.5. The average molecular weight is 601 g/mol. The molecular weight excluding hydrogens is 578 g/mol. The fourth-order valence-electron chi connectivity index (χ4n) is 3.56. The number of amides is 2. The second-order valence-electron chi connectivity index (χ2n) is 8.08. The SMILES string of the molecule is CCOC(=O)c1ccc(N=C2SC(C(=O)Nc3cccc(Br)c3)CC(=O)N2Cc2ccc(Cl)cc2)cc1. The number of halogens is 2. The number of esters is 1. The number of hydrogen-bond acceptors (Lipinski definition) is 6. The molecule has 1 N–H and O–H groups in total. The summed E-state index contributed by atoms with van der Waals surface area (Å²) in [4.78, 5) is 44.6. The van der Waals surface area contributed by atoms with Crippen molar-refractivity contribution in [2.24, 2.45) is 4.99 Å². The van der Waals surface area contributed by atoms with Crippen molar-refractivity contribution in [1.82, 2.24) is 4.90 Å². The highest BCUT2D eigenvalue weighted by Crippen LogP contribution is 2.31. The van der Waals surface area contributed by atoms with Gasteiger partial charge in [-0.25, -0.2) is 9.79 Å². The van der Waals surface area contributed by atoms with Gasteiger partial charge in [-0.15, -0.1) is 0 Å². The number of nitrogens with one attached hydrogen (secondary N) is 1. The van der Waals surface area contributed by atoms with Gasteiger partial charge >= 0.3 is 5.97 Å². The van der Waals surface area contributed by atoms with E-state index in [2.05, 4.69) is 26.2 Å². The number of carbonyl (C=O) groups excluding carboxylic acids is 3. The van der Waals surface area contributed by atoms with Crippen LogP contribution in [0.3, 0.4) is 0 Å². The summed E-state index contributed by atoms with van der Waals surface area (Å²) in [5.41, 5.74) is 2.45. The topological polar surface area (TPSA) is 88.1 Å². The molecule has 190 valence electrons. The first-order valence-corrected chi connectivity index (χ1v) is 13.5. The molecule has 1 atom stereocenters. The molecule has 1 aliphatic heterocycles.